The summed E-state index contributed by atoms with van der Waals surface area (Å²) in [4.78, 5) is 16.5. The molecule has 5 nitrogen and oxygen atoms in total. The SMILES string of the molecule is O=c1cc(CSc2nnc(C3CC3)s2)nc2ccccn12. The molecule has 0 aliphatic heterocycles. The maximum Gasteiger partial charge on any atom is 0.258 e. The fourth-order valence-corrected chi connectivity index (χ4v) is 4.02. The standard InChI is InChI=1S/C14H12N4OS2/c19-12-7-10(15-11-3-1-2-6-18(11)12)8-20-14-17-16-13(21-14)9-4-5-9/h1-3,6-7,9H,4-5,8H2. The first-order chi connectivity index (χ1) is 10.3. The van der Waals surface area contributed by atoms with E-state index in [2.05, 4.69) is 15.2 Å². The van der Waals surface area contributed by atoms with Crippen LogP contribution in [0.2, 0.25) is 0 Å². The Kier molecular flexibility index (Phi) is 3.23. The summed E-state index contributed by atoms with van der Waals surface area (Å²) in [5, 5.41) is 9.56. The lowest BCUT2D eigenvalue weighted by Gasteiger charge is -2.02. The van der Waals surface area contributed by atoms with Crippen LogP contribution in [0.3, 0.4) is 0 Å². The van der Waals surface area contributed by atoms with E-state index < -0.39 is 0 Å². The van der Waals surface area contributed by atoms with Gasteiger partial charge in [0, 0.05) is 23.9 Å². The van der Waals surface area contributed by atoms with Crippen molar-refractivity contribution in [2.45, 2.75) is 28.9 Å². The number of hydrogen-bond donors (Lipinski definition) is 0. The lowest BCUT2D eigenvalue weighted by Crippen LogP contribution is -2.14. The Morgan fingerprint density at radius 2 is 2.24 bits per heavy atom. The number of rotatable bonds is 4. The van der Waals surface area contributed by atoms with Crippen molar-refractivity contribution in [2.75, 3.05) is 0 Å². The summed E-state index contributed by atoms with van der Waals surface area (Å²) in [6.45, 7) is 0. The second kappa shape index (κ2) is 5.23. The first-order valence-electron chi connectivity index (χ1n) is 6.73. The molecule has 0 atom stereocenters. The Morgan fingerprint density at radius 1 is 1.33 bits per heavy atom. The highest BCUT2D eigenvalue weighted by Crippen LogP contribution is 2.42. The molecule has 0 radical (unpaired) electrons. The van der Waals surface area contributed by atoms with E-state index in [4.69, 9.17) is 0 Å². The molecule has 1 saturated carbocycles. The smallest absolute Gasteiger partial charge is 0.258 e. The van der Waals surface area contributed by atoms with Gasteiger partial charge in [0.2, 0.25) is 0 Å². The van der Waals surface area contributed by atoms with E-state index >= 15 is 0 Å². The van der Waals surface area contributed by atoms with Gasteiger partial charge in [0.1, 0.15) is 10.7 Å². The average Bonchev–Trinajstić information content (AvgIpc) is 3.24. The number of fused-ring (bicyclic) bond motifs is 1. The highest BCUT2D eigenvalue weighted by atomic mass is 32.2. The van der Waals surface area contributed by atoms with E-state index in [9.17, 15) is 4.79 Å². The zero-order chi connectivity index (χ0) is 14.2. The Labute approximate surface area is 129 Å². The predicted molar refractivity (Wildman–Crippen MR) is 82.9 cm³/mol. The van der Waals surface area contributed by atoms with Gasteiger partial charge in [0.25, 0.3) is 5.56 Å². The van der Waals surface area contributed by atoms with Gasteiger partial charge in [-0.15, -0.1) is 10.2 Å². The Hall–Kier alpha value is -1.73. The summed E-state index contributed by atoms with van der Waals surface area (Å²) in [6, 6.07) is 7.13. The number of nitrogens with zero attached hydrogens (tertiary/aromatic N) is 4. The van der Waals surface area contributed by atoms with Crippen LogP contribution in [0.4, 0.5) is 0 Å². The highest BCUT2D eigenvalue weighted by molar-refractivity contribution is 8.00. The molecule has 3 aromatic rings. The van der Waals surface area contributed by atoms with E-state index in [1.165, 1.54) is 12.8 Å². The van der Waals surface area contributed by atoms with Crippen LogP contribution in [0.25, 0.3) is 5.65 Å². The zero-order valence-electron chi connectivity index (χ0n) is 11.1. The molecule has 3 aromatic heterocycles. The summed E-state index contributed by atoms with van der Waals surface area (Å²) in [7, 11) is 0. The minimum absolute atomic E-state index is 0.0490. The van der Waals surface area contributed by atoms with Crippen LogP contribution >= 0.6 is 23.1 Å². The predicted octanol–water partition coefficient (Wildman–Crippen LogP) is 2.72. The molecule has 21 heavy (non-hydrogen) atoms. The van der Waals surface area contributed by atoms with Gasteiger partial charge in [-0.05, 0) is 25.0 Å². The molecule has 0 amide bonds. The lowest BCUT2D eigenvalue weighted by molar-refractivity contribution is 0.936. The monoisotopic (exact) mass is 316 g/mol. The van der Waals surface area contributed by atoms with Gasteiger partial charge >= 0.3 is 0 Å². The lowest BCUT2D eigenvalue weighted by atomic mass is 10.4. The molecule has 0 bridgehead atoms. The van der Waals surface area contributed by atoms with Gasteiger partial charge in [-0.25, -0.2) is 4.98 Å². The third-order valence-electron chi connectivity index (χ3n) is 3.32. The number of aromatic nitrogens is 4. The number of hydrogen-bond acceptors (Lipinski definition) is 6. The largest absolute Gasteiger partial charge is 0.269 e. The first kappa shape index (κ1) is 13.0. The Balaban J connectivity index is 1.54. The molecule has 4 rings (SSSR count). The minimum atomic E-state index is -0.0490. The van der Waals surface area contributed by atoms with Crippen LogP contribution in [-0.4, -0.2) is 19.6 Å². The normalized spacial score (nSPS) is 14.7. The van der Waals surface area contributed by atoms with Crippen LogP contribution in [-0.2, 0) is 5.75 Å². The maximum absolute atomic E-state index is 12.0. The van der Waals surface area contributed by atoms with Crippen molar-refractivity contribution in [2.24, 2.45) is 0 Å². The fraction of sp³-hybridized carbons (Fsp3) is 0.286. The van der Waals surface area contributed by atoms with Gasteiger partial charge in [-0.2, -0.15) is 0 Å². The topological polar surface area (TPSA) is 60.2 Å². The first-order valence-corrected chi connectivity index (χ1v) is 8.53. The van der Waals surface area contributed by atoms with Gasteiger partial charge in [0.15, 0.2) is 4.34 Å². The van der Waals surface area contributed by atoms with Crippen LogP contribution in [0.15, 0.2) is 39.6 Å². The molecule has 0 N–H and O–H groups in total. The molecule has 1 aliphatic carbocycles. The van der Waals surface area contributed by atoms with E-state index in [1.807, 2.05) is 18.2 Å². The highest BCUT2D eigenvalue weighted by Gasteiger charge is 2.27. The van der Waals surface area contributed by atoms with Gasteiger partial charge < -0.3 is 0 Å². The molecule has 3 heterocycles. The Morgan fingerprint density at radius 3 is 3.10 bits per heavy atom. The van der Waals surface area contributed by atoms with E-state index in [-0.39, 0.29) is 5.56 Å². The molecule has 0 spiro atoms. The van der Waals surface area contributed by atoms with Crippen molar-refractivity contribution in [3.63, 3.8) is 0 Å². The molecular weight excluding hydrogens is 304 g/mol. The summed E-state index contributed by atoms with van der Waals surface area (Å²) < 4.78 is 2.50. The van der Waals surface area contributed by atoms with Crippen LogP contribution in [0, 0.1) is 0 Å². The summed E-state index contributed by atoms with van der Waals surface area (Å²) in [5.41, 5.74) is 1.41. The van der Waals surface area contributed by atoms with Crippen LogP contribution in [0.5, 0.6) is 0 Å². The zero-order valence-corrected chi connectivity index (χ0v) is 12.7. The van der Waals surface area contributed by atoms with Crippen LogP contribution < -0.4 is 5.56 Å². The van der Waals surface area contributed by atoms with Gasteiger partial charge in [-0.1, -0.05) is 29.2 Å². The average molecular weight is 316 g/mol. The third-order valence-corrected chi connectivity index (χ3v) is 5.57. The third kappa shape index (κ3) is 2.71. The second-order valence-corrected chi connectivity index (χ2v) is 7.22. The Bertz CT molecular complexity index is 853. The minimum Gasteiger partial charge on any atom is -0.269 e. The van der Waals surface area contributed by atoms with Crippen LogP contribution in [0.1, 0.15) is 29.5 Å². The van der Waals surface area contributed by atoms with Crippen molar-refractivity contribution >= 4 is 28.7 Å². The molecule has 0 unspecified atom stereocenters. The summed E-state index contributed by atoms with van der Waals surface area (Å²) >= 11 is 3.25. The van der Waals surface area contributed by atoms with Gasteiger partial charge in [-0.3, -0.25) is 9.20 Å². The van der Waals surface area contributed by atoms with Gasteiger partial charge in [0.05, 0.1) is 5.69 Å². The van der Waals surface area contributed by atoms with Crippen molar-refractivity contribution in [3.8, 4) is 0 Å². The maximum atomic E-state index is 12.0. The fourth-order valence-electron chi connectivity index (χ4n) is 2.09. The molecule has 106 valence electrons. The number of thioether (sulfide) groups is 1. The van der Waals surface area contributed by atoms with Crippen molar-refractivity contribution in [3.05, 3.63) is 51.5 Å². The molecule has 0 aromatic carbocycles. The molecular formula is C14H12N4OS2. The van der Waals surface area contributed by atoms with Crippen molar-refractivity contribution in [1.29, 1.82) is 0 Å². The van der Waals surface area contributed by atoms with E-state index in [0.29, 0.717) is 17.3 Å². The molecule has 1 aliphatic rings. The molecule has 7 heteroatoms. The molecule has 0 saturated heterocycles. The second-order valence-electron chi connectivity index (χ2n) is 4.98. The number of pyridine rings is 1. The van der Waals surface area contributed by atoms with E-state index in [1.54, 1.807) is 39.8 Å². The quantitative estimate of drug-likeness (QED) is 0.693. The summed E-state index contributed by atoms with van der Waals surface area (Å²) in [5.74, 6) is 1.28. The summed E-state index contributed by atoms with van der Waals surface area (Å²) in [6.07, 6.45) is 4.21. The van der Waals surface area contributed by atoms with Crippen molar-refractivity contribution < 1.29 is 0 Å². The van der Waals surface area contributed by atoms with Crippen molar-refractivity contribution in [1.82, 2.24) is 19.6 Å². The molecule has 1 fully saturated rings. The van der Waals surface area contributed by atoms with E-state index in [0.717, 1.165) is 15.0 Å².